The fourth-order valence-electron chi connectivity index (χ4n) is 4.09. The Morgan fingerprint density at radius 1 is 1.02 bits per heavy atom. The number of rotatable bonds is 9. The predicted molar refractivity (Wildman–Crippen MR) is 165 cm³/mol. The Morgan fingerprint density at radius 3 is 2.41 bits per heavy atom. The van der Waals surface area contributed by atoms with Crippen LogP contribution in [0, 0.1) is 0 Å². The van der Waals surface area contributed by atoms with Crippen LogP contribution in [0.2, 0.25) is 10.0 Å². The molecule has 4 aromatic rings. The molecule has 0 saturated carbocycles. The summed E-state index contributed by atoms with van der Waals surface area (Å²) in [7, 11) is 0. The molecule has 0 spiro atoms. The summed E-state index contributed by atoms with van der Waals surface area (Å²) >= 11 is 14.0. The Labute approximate surface area is 251 Å². The molecule has 1 aliphatic heterocycles. The van der Waals surface area contributed by atoms with Gasteiger partial charge in [-0.15, -0.1) is 0 Å². The Morgan fingerprint density at radius 2 is 1.73 bits per heavy atom. The number of furan rings is 1. The van der Waals surface area contributed by atoms with Gasteiger partial charge in [0.2, 0.25) is 5.88 Å². The lowest BCUT2D eigenvalue weighted by Crippen LogP contribution is -2.28. The van der Waals surface area contributed by atoms with Gasteiger partial charge in [-0.3, -0.25) is 14.7 Å². The van der Waals surface area contributed by atoms with Crippen molar-refractivity contribution in [1.29, 1.82) is 0 Å². The van der Waals surface area contributed by atoms with E-state index in [-0.39, 0.29) is 34.7 Å². The maximum atomic E-state index is 13.7. The second kappa shape index (κ2) is 13.1. The van der Waals surface area contributed by atoms with Crippen LogP contribution in [-0.2, 0) is 22.6 Å². The molecule has 0 radical (unpaired) electrons. The number of halogens is 2. The number of amidine groups is 1. The van der Waals surface area contributed by atoms with Crippen LogP contribution >= 0.6 is 35.0 Å². The number of ether oxygens (including phenoxy) is 1. The van der Waals surface area contributed by atoms with Crippen LogP contribution in [0.4, 0.5) is 11.6 Å². The molecular weight excluding hydrogens is 581 g/mol. The lowest BCUT2D eigenvalue weighted by molar-refractivity contribution is -0.122. The molecule has 3 aromatic carbocycles. The fourth-order valence-corrected chi connectivity index (χ4v) is 5.48. The van der Waals surface area contributed by atoms with Crippen molar-refractivity contribution in [3.05, 3.63) is 122 Å². The van der Waals surface area contributed by atoms with Crippen LogP contribution in [0.3, 0.4) is 0 Å². The minimum atomic E-state index is -0.656. The number of benzene rings is 3. The first-order chi connectivity index (χ1) is 19.9. The third-order valence-electron chi connectivity index (χ3n) is 6.01. The first-order valence-corrected chi connectivity index (χ1v) is 14.4. The lowest BCUT2D eigenvalue weighted by atomic mass is 10.2. The average Bonchev–Trinajstić information content (AvgIpc) is 3.43. The molecule has 0 bridgehead atoms. The van der Waals surface area contributed by atoms with Gasteiger partial charge in [-0.2, -0.15) is 0 Å². The summed E-state index contributed by atoms with van der Waals surface area (Å²) in [5.41, 5.74) is 2.59. The number of carbonyl (C=O) groups is 2. The van der Waals surface area contributed by atoms with E-state index >= 15 is 0 Å². The highest BCUT2D eigenvalue weighted by molar-refractivity contribution is 8.18. The quantitative estimate of drug-likeness (QED) is 0.153. The van der Waals surface area contributed by atoms with E-state index in [1.165, 1.54) is 17.8 Å². The summed E-state index contributed by atoms with van der Waals surface area (Å²) in [6, 6.07) is 26.4. The largest absolute Gasteiger partial charge is 0.462 e. The minimum Gasteiger partial charge on any atom is -0.462 e. The number of hydrogen-bond donors (Lipinski definition) is 1. The molecule has 0 atom stereocenters. The van der Waals surface area contributed by atoms with Gasteiger partial charge in [-0.25, -0.2) is 4.79 Å². The van der Waals surface area contributed by atoms with E-state index in [0.29, 0.717) is 33.9 Å². The minimum absolute atomic E-state index is 0.0231. The summed E-state index contributed by atoms with van der Waals surface area (Å²) in [5, 5.41) is 4.13. The number of nitrogens with zero attached hydrogens (tertiary/aromatic N) is 2. The van der Waals surface area contributed by atoms with Gasteiger partial charge >= 0.3 is 5.97 Å². The second-order valence-electron chi connectivity index (χ2n) is 8.91. The zero-order valence-electron chi connectivity index (χ0n) is 22.0. The van der Waals surface area contributed by atoms with Crippen molar-refractivity contribution in [2.24, 2.45) is 4.99 Å². The molecular formula is C31H25Cl2N3O4S. The highest BCUT2D eigenvalue weighted by atomic mass is 35.5. The Kier molecular flexibility index (Phi) is 9.14. The maximum absolute atomic E-state index is 13.7. The van der Waals surface area contributed by atoms with Crippen molar-refractivity contribution >= 4 is 69.7 Å². The van der Waals surface area contributed by atoms with Gasteiger partial charge in [0.25, 0.3) is 5.91 Å². The monoisotopic (exact) mass is 605 g/mol. The van der Waals surface area contributed by atoms with Crippen LogP contribution in [0.1, 0.15) is 34.2 Å². The van der Waals surface area contributed by atoms with E-state index < -0.39 is 5.97 Å². The molecule has 1 amide bonds. The van der Waals surface area contributed by atoms with Crippen molar-refractivity contribution in [3.63, 3.8) is 0 Å². The summed E-state index contributed by atoms with van der Waals surface area (Å²) in [6.45, 7) is 2.61. The number of aliphatic imine (C=N–C) groups is 1. The highest BCUT2D eigenvalue weighted by Gasteiger charge is 2.35. The van der Waals surface area contributed by atoms with Crippen molar-refractivity contribution in [2.45, 2.75) is 20.0 Å². The van der Waals surface area contributed by atoms with Crippen LogP contribution in [0.25, 0.3) is 6.08 Å². The van der Waals surface area contributed by atoms with Gasteiger partial charge in [0.15, 0.2) is 5.17 Å². The van der Waals surface area contributed by atoms with Crippen LogP contribution in [0.5, 0.6) is 0 Å². The van der Waals surface area contributed by atoms with E-state index in [4.69, 9.17) is 37.3 Å². The van der Waals surface area contributed by atoms with Crippen LogP contribution in [0.15, 0.2) is 99.2 Å². The average molecular weight is 607 g/mol. The van der Waals surface area contributed by atoms with E-state index in [1.54, 1.807) is 36.1 Å². The van der Waals surface area contributed by atoms with E-state index in [1.807, 2.05) is 60.7 Å². The molecule has 5 rings (SSSR count). The topological polar surface area (TPSA) is 84.1 Å². The first kappa shape index (κ1) is 28.5. The van der Waals surface area contributed by atoms with Crippen molar-refractivity contribution in [1.82, 2.24) is 4.90 Å². The van der Waals surface area contributed by atoms with E-state index in [9.17, 15) is 9.59 Å². The second-order valence-corrected chi connectivity index (χ2v) is 10.7. The van der Waals surface area contributed by atoms with Gasteiger partial charge in [0.05, 0.1) is 24.6 Å². The molecule has 7 nitrogen and oxygen atoms in total. The smallest absolute Gasteiger partial charge is 0.345 e. The van der Waals surface area contributed by atoms with Crippen LogP contribution < -0.4 is 5.32 Å². The third-order valence-corrected chi connectivity index (χ3v) is 7.67. The van der Waals surface area contributed by atoms with E-state index in [2.05, 4.69) is 5.32 Å². The Balaban J connectivity index is 1.50. The number of thioether (sulfide) groups is 1. The Bertz CT molecular complexity index is 1620. The molecule has 1 aromatic heterocycles. The summed E-state index contributed by atoms with van der Waals surface area (Å²) in [4.78, 5) is 33.2. The fraction of sp³-hybridized carbons (Fsp3) is 0.129. The van der Waals surface area contributed by atoms with Crippen LogP contribution in [-0.4, -0.2) is 28.6 Å². The van der Waals surface area contributed by atoms with Gasteiger partial charge in [-0.1, -0.05) is 89.9 Å². The third kappa shape index (κ3) is 6.85. The number of esters is 1. The zero-order chi connectivity index (χ0) is 28.8. The number of anilines is 2. The van der Waals surface area contributed by atoms with Gasteiger partial charge in [0.1, 0.15) is 16.3 Å². The standard InChI is InChI=1S/C31H25Cl2N3O4S/c1-2-39-30(38)26-27(33)24(40-28(26)35-23-15-9-14-22(32)16-23)17-25-29(37)36(19-21-12-7-4-8-13-21)31(41-25)34-18-20-10-5-3-6-11-20/h3-17,35H,2,18-19H2,1H3/b25-17-,34-31?. The normalized spacial score (nSPS) is 15.1. The molecule has 1 fully saturated rings. The van der Waals surface area contributed by atoms with E-state index in [0.717, 1.165) is 11.1 Å². The Hall–Kier alpha value is -3.98. The van der Waals surface area contributed by atoms with Crippen molar-refractivity contribution in [2.75, 3.05) is 11.9 Å². The molecule has 1 saturated heterocycles. The maximum Gasteiger partial charge on any atom is 0.345 e. The van der Waals surface area contributed by atoms with Crippen molar-refractivity contribution < 1.29 is 18.7 Å². The number of nitrogens with one attached hydrogen (secondary N) is 1. The summed E-state index contributed by atoms with van der Waals surface area (Å²) in [5.74, 6) is -0.687. The molecule has 41 heavy (non-hydrogen) atoms. The lowest BCUT2D eigenvalue weighted by Gasteiger charge is -2.15. The molecule has 10 heteroatoms. The predicted octanol–water partition coefficient (Wildman–Crippen LogP) is 8.18. The molecule has 208 valence electrons. The number of carbonyl (C=O) groups excluding carboxylic acids is 2. The summed E-state index contributed by atoms with van der Waals surface area (Å²) < 4.78 is 11.2. The summed E-state index contributed by atoms with van der Waals surface area (Å²) in [6.07, 6.45) is 1.53. The zero-order valence-corrected chi connectivity index (χ0v) is 24.3. The molecule has 0 aliphatic carbocycles. The van der Waals surface area contributed by atoms with Gasteiger partial charge in [-0.05, 0) is 48.0 Å². The van der Waals surface area contributed by atoms with Gasteiger partial charge in [0, 0.05) is 16.8 Å². The first-order valence-electron chi connectivity index (χ1n) is 12.8. The molecule has 1 N–H and O–H groups in total. The number of amides is 1. The SMILES string of the molecule is CCOC(=O)c1c(Nc2cccc(Cl)c2)oc(/C=C2\SC(=NCc3ccccc3)N(Cc3ccccc3)C2=O)c1Cl. The molecule has 2 heterocycles. The highest BCUT2D eigenvalue weighted by Crippen LogP contribution is 2.40. The number of hydrogen-bond acceptors (Lipinski definition) is 7. The van der Waals surface area contributed by atoms with Crippen molar-refractivity contribution in [3.8, 4) is 0 Å². The van der Waals surface area contributed by atoms with Gasteiger partial charge < -0.3 is 14.5 Å². The molecule has 0 unspecified atom stereocenters. The molecule has 1 aliphatic rings.